The third-order valence-corrected chi connectivity index (χ3v) is 8.84. The van der Waals surface area contributed by atoms with E-state index in [4.69, 9.17) is 14.8 Å². The Balaban J connectivity index is 1.60. The number of aliphatic carboxylic acids is 1. The highest BCUT2D eigenvalue weighted by atomic mass is 19.4. The molecule has 1 saturated heterocycles. The van der Waals surface area contributed by atoms with E-state index in [0.29, 0.717) is 36.8 Å². The summed E-state index contributed by atoms with van der Waals surface area (Å²) in [4.78, 5) is 32.5. The summed E-state index contributed by atoms with van der Waals surface area (Å²) in [5, 5.41) is 9.14. The number of aromatic nitrogens is 1. The molecule has 1 N–H and O–H groups in total. The molecule has 2 heterocycles. The fraction of sp³-hybridized carbons (Fsp3) is 0.594. The predicted octanol–water partition coefficient (Wildman–Crippen LogP) is 8.43. The maximum Gasteiger partial charge on any atom is 0.416 e. The molecule has 2 aliphatic rings. The average molecular weight is 644 g/mol. The van der Waals surface area contributed by atoms with Gasteiger partial charge in [0, 0.05) is 25.2 Å². The van der Waals surface area contributed by atoms with Crippen LogP contribution in [0.25, 0.3) is 0 Å². The molecule has 1 amide bonds. The molecule has 0 spiro atoms. The molecule has 2 fully saturated rings. The van der Waals surface area contributed by atoms with E-state index in [0.717, 1.165) is 37.1 Å². The number of nitrogens with zero attached hydrogens (tertiary/aromatic N) is 3. The number of ether oxygens (including phenoxy) is 1. The first-order valence-electron chi connectivity index (χ1n) is 15.2. The number of carbonyl (C=O) groups is 2. The summed E-state index contributed by atoms with van der Waals surface area (Å²) in [6.07, 6.45) is -8.69. The summed E-state index contributed by atoms with van der Waals surface area (Å²) in [6, 6.07) is 4.20. The van der Waals surface area contributed by atoms with Crippen molar-refractivity contribution in [2.75, 3.05) is 18.0 Å². The summed E-state index contributed by atoms with van der Waals surface area (Å²) < 4.78 is 86.6. The standard InChI is InChI=1S/C32H39F6N3O4/c1-5-40(16-21-8-6-20(7-9-21)12-28(42)43)27-11-10-25(18(2)3)39-26(27)17-41-19(4)29(45-30(41)44)22-13-23(31(33,34)35)15-24(14-22)32(36,37)38/h10-11,13-15,18-21,29H,5-9,12,16-17H2,1-4H3,(H,42,43). The minimum Gasteiger partial charge on any atom is -0.481 e. The van der Waals surface area contributed by atoms with E-state index in [1.54, 1.807) is 0 Å². The predicted molar refractivity (Wildman–Crippen MR) is 155 cm³/mol. The molecule has 45 heavy (non-hydrogen) atoms. The number of hydrogen-bond donors (Lipinski definition) is 1. The van der Waals surface area contributed by atoms with Crippen LogP contribution in [-0.4, -0.2) is 46.2 Å². The average Bonchev–Trinajstić information content (AvgIpc) is 3.24. The van der Waals surface area contributed by atoms with E-state index in [9.17, 15) is 35.9 Å². The number of halogens is 6. The van der Waals surface area contributed by atoms with Crippen LogP contribution in [0.15, 0.2) is 30.3 Å². The fourth-order valence-electron chi connectivity index (χ4n) is 6.28. The molecule has 0 bridgehead atoms. The zero-order chi connectivity index (χ0) is 33.3. The number of amides is 1. The van der Waals surface area contributed by atoms with Crippen molar-refractivity contribution < 1.29 is 45.8 Å². The van der Waals surface area contributed by atoms with Gasteiger partial charge in [-0.25, -0.2) is 4.79 Å². The van der Waals surface area contributed by atoms with E-state index < -0.39 is 53.3 Å². The molecule has 13 heteroatoms. The SMILES string of the molecule is CCN(CC1CCC(CC(=O)O)CC1)c1ccc(C(C)C)nc1CN1C(=O)OC(c2cc(C(F)(F)F)cc(C(F)(F)F)c2)C1C. The number of pyridine rings is 1. The van der Waals surface area contributed by atoms with E-state index in [1.807, 2.05) is 32.9 Å². The van der Waals surface area contributed by atoms with Gasteiger partial charge < -0.3 is 14.7 Å². The maximum atomic E-state index is 13.5. The highest BCUT2D eigenvalue weighted by Gasteiger charge is 2.43. The smallest absolute Gasteiger partial charge is 0.416 e. The number of carbonyl (C=O) groups excluding carboxylic acids is 1. The Hall–Kier alpha value is -3.51. The minimum absolute atomic E-state index is 0.0499. The molecule has 1 aliphatic carbocycles. The third-order valence-electron chi connectivity index (χ3n) is 8.84. The highest BCUT2D eigenvalue weighted by Crippen LogP contribution is 2.41. The third kappa shape index (κ3) is 8.21. The van der Waals surface area contributed by atoms with Crippen molar-refractivity contribution in [3.63, 3.8) is 0 Å². The highest BCUT2D eigenvalue weighted by molar-refractivity contribution is 5.71. The number of hydrogen-bond acceptors (Lipinski definition) is 5. The van der Waals surface area contributed by atoms with Gasteiger partial charge in [0.05, 0.1) is 35.1 Å². The lowest BCUT2D eigenvalue weighted by Gasteiger charge is -2.34. The normalized spacial score (nSPS) is 22.6. The molecule has 7 nitrogen and oxygen atoms in total. The van der Waals surface area contributed by atoms with Gasteiger partial charge in [-0.05, 0) is 93.2 Å². The number of benzene rings is 1. The quantitative estimate of drug-likeness (QED) is 0.262. The molecule has 248 valence electrons. The zero-order valence-corrected chi connectivity index (χ0v) is 25.7. The van der Waals surface area contributed by atoms with Gasteiger partial charge >= 0.3 is 24.4 Å². The summed E-state index contributed by atoms with van der Waals surface area (Å²) in [5.74, 6) is -0.244. The van der Waals surface area contributed by atoms with Crippen molar-refractivity contribution in [1.82, 2.24) is 9.88 Å². The summed E-state index contributed by atoms with van der Waals surface area (Å²) >= 11 is 0. The maximum absolute atomic E-state index is 13.5. The number of carboxylic acids is 1. The first-order valence-corrected chi connectivity index (χ1v) is 15.2. The number of cyclic esters (lactones) is 1. The number of rotatable bonds is 10. The van der Waals surface area contributed by atoms with E-state index >= 15 is 0 Å². The monoisotopic (exact) mass is 643 g/mol. The lowest BCUT2D eigenvalue weighted by molar-refractivity contribution is -0.143. The van der Waals surface area contributed by atoms with Crippen molar-refractivity contribution in [2.45, 2.75) is 96.8 Å². The first-order chi connectivity index (χ1) is 21.0. The number of anilines is 1. The molecule has 2 atom stereocenters. The largest absolute Gasteiger partial charge is 0.481 e. The van der Waals surface area contributed by atoms with Crippen LogP contribution in [0, 0.1) is 11.8 Å². The molecule has 1 saturated carbocycles. The molecular formula is C32H39F6N3O4. The molecular weight excluding hydrogens is 604 g/mol. The first kappa shape index (κ1) is 34.4. The van der Waals surface area contributed by atoms with Crippen molar-refractivity contribution >= 4 is 17.7 Å². The summed E-state index contributed by atoms with van der Waals surface area (Å²) in [7, 11) is 0. The molecule has 4 rings (SSSR count). The zero-order valence-electron chi connectivity index (χ0n) is 25.7. The van der Waals surface area contributed by atoms with Gasteiger partial charge in [0.25, 0.3) is 0 Å². The lowest BCUT2D eigenvalue weighted by Crippen LogP contribution is -2.35. The Morgan fingerprint density at radius 1 is 1.02 bits per heavy atom. The van der Waals surface area contributed by atoms with Crippen LogP contribution in [0.2, 0.25) is 0 Å². The second-order valence-electron chi connectivity index (χ2n) is 12.4. The molecule has 2 unspecified atom stereocenters. The van der Waals surface area contributed by atoms with Crippen LogP contribution in [0.3, 0.4) is 0 Å². The Labute approximate surface area is 258 Å². The molecule has 2 aromatic rings. The summed E-state index contributed by atoms with van der Waals surface area (Å²) in [6.45, 7) is 8.71. The molecule has 1 aromatic heterocycles. The van der Waals surface area contributed by atoms with Crippen LogP contribution in [0.1, 0.15) is 99.9 Å². The van der Waals surface area contributed by atoms with Crippen LogP contribution < -0.4 is 4.90 Å². The topological polar surface area (TPSA) is 83.0 Å². The molecule has 1 aliphatic heterocycles. The van der Waals surface area contributed by atoms with Crippen LogP contribution in [0.4, 0.5) is 36.8 Å². The van der Waals surface area contributed by atoms with Gasteiger partial charge in [-0.15, -0.1) is 0 Å². The fourth-order valence-corrected chi connectivity index (χ4v) is 6.28. The van der Waals surface area contributed by atoms with Crippen molar-refractivity contribution in [2.24, 2.45) is 11.8 Å². The van der Waals surface area contributed by atoms with Crippen molar-refractivity contribution in [1.29, 1.82) is 0 Å². The Morgan fingerprint density at radius 2 is 1.60 bits per heavy atom. The minimum atomic E-state index is -5.03. The van der Waals surface area contributed by atoms with Gasteiger partial charge in [0.15, 0.2) is 0 Å². The second-order valence-corrected chi connectivity index (χ2v) is 12.4. The number of alkyl halides is 6. The van der Waals surface area contributed by atoms with Crippen LogP contribution >= 0.6 is 0 Å². The lowest BCUT2D eigenvalue weighted by atomic mass is 9.80. The Bertz CT molecular complexity index is 1340. The number of carboxylic acid groups (broad SMARTS) is 1. The van der Waals surface area contributed by atoms with Gasteiger partial charge in [0.2, 0.25) is 0 Å². The van der Waals surface area contributed by atoms with Gasteiger partial charge in [-0.1, -0.05) is 13.8 Å². The molecule has 1 aromatic carbocycles. The Morgan fingerprint density at radius 3 is 2.11 bits per heavy atom. The Kier molecular flexibility index (Phi) is 10.3. The second kappa shape index (κ2) is 13.5. The van der Waals surface area contributed by atoms with Crippen LogP contribution in [-0.2, 0) is 28.4 Å². The van der Waals surface area contributed by atoms with Gasteiger partial charge in [-0.3, -0.25) is 14.7 Å². The van der Waals surface area contributed by atoms with Crippen molar-refractivity contribution in [3.05, 3.63) is 58.4 Å². The molecule has 0 radical (unpaired) electrons. The van der Waals surface area contributed by atoms with E-state index in [2.05, 4.69) is 4.90 Å². The van der Waals surface area contributed by atoms with Crippen molar-refractivity contribution in [3.8, 4) is 0 Å². The van der Waals surface area contributed by atoms with Gasteiger partial charge in [-0.2, -0.15) is 26.3 Å². The van der Waals surface area contributed by atoms with Crippen LogP contribution in [0.5, 0.6) is 0 Å². The summed E-state index contributed by atoms with van der Waals surface area (Å²) in [5.41, 5.74) is -1.25. The van der Waals surface area contributed by atoms with Gasteiger partial charge in [0.1, 0.15) is 6.10 Å². The van der Waals surface area contributed by atoms with E-state index in [-0.39, 0.29) is 30.9 Å². The van der Waals surface area contributed by atoms with E-state index in [1.165, 1.54) is 11.8 Å².